The lowest BCUT2D eigenvalue weighted by Gasteiger charge is -2.22. The quantitative estimate of drug-likeness (QED) is 0.148. The third kappa shape index (κ3) is 13.3. The fourth-order valence-electron chi connectivity index (χ4n) is 5.72. The standard InChI is InChI=1S/C12H17N3O.C12H17N3.C9H14N2O2.C9H14N2O.4CH4/c1-8-13-10-9(11(16)14(8)5)6-7-15(10)12(2,3)4;1-8-10-6-7-15(12(3,4)5)11(10)14-9(2)13-8;1-9(2,3)11-6-5-7(12)10(4)8(11)13;1-7-5-6-11(8(12)10-7)9(2,3)4;;;;/h6-7H,1-5H3;6-7H,1-5H3;5-6H,1-4H3;5-6H,1-4H3;4*1H4. The fraction of sp³-hybridized carbons (Fsp3) is 0.565. The van der Waals surface area contributed by atoms with Crippen molar-refractivity contribution in [2.24, 2.45) is 14.1 Å². The minimum Gasteiger partial charge on any atom is -0.327 e. The van der Waals surface area contributed by atoms with Crippen LogP contribution in [0.3, 0.4) is 0 Å². The maximum atomic E-state index is 12.0. The van der Waals surface area contributed by atoms with Crippen LogP contribution in [0, 0.1) is 27.7 Å². The summed E-state index contributed by atoms with van der Waals surface area (Å²) in [5, 5.41) is 1.83. The summed E-state index contributed by atoms with van der Waals surface area (Å²) in [5.41, 5.74) is 2.45. The molecule has 0 radical (unpaired) electrons. The van der Waals surface area contributed by atoms with Gasteiger partial charge in [0.25, 0.3) is 11.1 Å². The van der Waals surface area contributed by atoms with E-state index in [0.29, 0.717) is 5.39 Å². The van der Waals surface area contributed by atoms with Crippen molar-refractivity contribution < 1.29 is 0 Å². The Hall–Kier alpha value is -5.40. The predicted octanol–water partition coefficient (Wildman–Crippen LogP) is 8.75. The summed E-state index contributed by atoms with van der Waals surface area (Å²) >= 11 is 0. The third-order valence-corrected chi connectivity index (χ3v) is 9.02. The molecule has 0 aliphatic heterocycles. The summed E-state index contributed by atoms with van der Waals surface area (Å²) in [5.74, 6) is 1.57. The molecule has 336 valence electrons. The Morgan fingerprint density at radius 2 is 0.883 bits per heavy atom. The van der Waals surface area contributed by atoms with Crippen LogP contribution in [0.15, 0.2) is 68.2 Å². The van der Waals surface area contributed by atoms with Gasteiger partial charge in [-0.3, -0.25) is 27.9 Å². The van der Waals surface area contributed by atoms with E-state index in [-0.39, 0.29) is 74.4 Å². The highest BCUT2D eigenvalue weighted by molar-refractivity contribution is 5.79. The van der Waals surface area contributed by atoms with Crippen LogP contribution in [0.4, 0.5) is 0 Å². The molecular formula is C46H78N10O4. The van der Waals surface area contributed by atoms with Gasteiger partial charge in [0.2, 0.25) is 0 Å². The molecule has 60 heavy (non-hydrogen) atoms. The van der Waals surface area contributed by atoms with Crippen molar-refractivity contribution in [2.75, 3.05) is 0 Å². The van der Waals surface area contributed by atoms with Gasteiger partial charge in [-0.15, -0.1) is 0 Å². The average Bonchev–Trinajstić information content (AvgIpc) is 3.67. The monoisotopic (exact) mass is 835 g/mol. The van der Waals surface area contributed by atoms with Crippen LogP contribution in [0.25, 0.3) is 22.1 Å². The molecule has 0 spiro atoms. The Kier molecular flexibility index (Phi) is 19.6. The highest BCUT2D eigenvalue weighted by Crippen LogP contribution is 2.24. The Bertz CT molecular complexity index is 2570. The highest BCUT2D eigenvalue weighted by atomic mass is 16.2. The van der Waals surface area contributed by atoms with Crippen LogP contribution >= 0.6 is 0 Å². The molecule has 0 unspecified atom stereocenters. The van der Waals surface area contributed by atoms with Crippen molar-refractivity contribution >= 4 is 22.1 Å². The van der Waals surface area contributed by atoms with Crippen LogP contribution in [-0.4, -0.2) is 47.3 Å². The minimum atomic E-state index is -0.289. The van der Waals surface area contributed by atoms with Gasteiger partial charge in [0.15, 0.2) is 0 Å². The Morgan fingerprint density at radius 3 is 1.33 bits per heavy atom. The molecule has 0 atom stereocenters. The molecule has 0 fully saturated rings. The van der Waals surface area contributed by atoms with Crippen LogP contribution < -0.4 is 22.5 Å². The SMILES string of the molecule is C.C.C.C.Cc1ccn(C(C)(C)C)c(=O)n1.Cc1nc(C)c2ccn(C(C)(C)C)c2n1.Cc1nc2c(ccn2C(C)(C)C)c(=O)n1C.Cn1c(=O)ccn(C(C)(C)C)c1=O. The molecule has 0 amide bonds. The number of fused-ring (bicyclic) bond motifs is 2. The van der Waals surface area contributed by atoms with E-state index in [9.17, 15) is 19.2 Å². The minimum absolute atomic E-state index is 0. The van der Waals surface area contributed by atoms with Crippen molar-refractivity contribution in [3.63, 3.8) is 0 Å². The van der Waals surface area contributed by atoms with E-state index in [1.54, 1.807) is 22.4 Å². The first-order chi connectivity index (χ1) is 25.5. The van der Waals surface area contributed by atoms with E-state index in [1.807, 2.05) is 92.1 Å². The van der Waals surface area contributed by atoms with Gasteiger partial charge in [0.05, 0.1) is 11.1 Å². The van der Waals surface area contributed by atoms with Crippen LogP contribution in [0.2, 0.25) is 0 Å². The van der Waals surface area contributed by atoms with Gasteiger partial charge in [0, 0.05) is 78.2 Å². The number of rotatable bonds is 0. The second-order valence-electron chi connectivity index (χ2n) is 18.0. The molecule has 0 saturated carbocycles. The highest BCUT2D eigenvalue weighted by Gasteiger charge is 2.20. The van der Waals surface area contributed by atoms with E-state index < -0.39 is 0 Å². The van der Waals surface area contributed by atoms with Gasteiger partial charge in [-0.2, -0.15) is 4.98 Å². The summed E-state index contributed by atoms with van der Waals surface area (Å²) in [6.07, 6.45) is 7.33. The molecule has 6 heterocycles. The number of nitrogens with zero attached hydrogens (tertiary/aromatic N) is 10. The summed E-state index contributed by atoms with van der Waals surface area (Å²) in [7, 11) is 3.23. The molecule has 0 aliphatic rings. The molecule has 0 saturated heterocycles. The first kappa shape index (κ1) is 56.7. The Morgan fingerprint density at radius 1 is 0.467 bits per heavy atom. The Labute approximate surface area is 359 Å². The smallest absolute Gasteiger partial charge is 0.327 e. The first-order valence-electron chi connectivity index (χ1n) is 18.7. The molecule has 0 aromatic carbocycles. The van der Waals surface area contributed by atoms with Crippen molar-refractivity contribution in [1.82, 2.24) is 47.3 Å². The molecule has 6 aromatic heterocycles. The van der Waals surface area contributed by atoms with E-state index in [1.165, 1.54) is 23.9 Å². The zero-order valence-electron chi connectivity index (χ0n) is 36.7. The number of aryl methyl sites for hydroxylation is 4. The second-order valence-corrected chi connectivity index (χ2v) is 18.0. The van der Waals surface area contributed by atoms with E-state index in [4.69, 9.17) is 0 Å². The van der Waals surface area contributed by atoms with E-state index >= 15 is 0 Å². The largest absolute Gasteiger partial charge is 0.348 e. The summed E-state index contributed by atoms with van der Waals surface area (Å²) in [6, 6.07) is 7.17. The number of aromatic nitrogens is 10. The fourth-order valence-corrected chi connectivity index (χ4v) is 5.72. The lowest BCUT2D eigenvalue weighted by atomic mass is 10.1. The normalized spacial score (nSPS) is 11.2. The number of hydrogen-bond acceptors (Lipinski definition) is 8. The van der Waals surface area contributed by atoms with Crippen molar-refractivity contribution in [2.45, 2.75) is 163 Å². The van der Waals surface area contributed by atoms with Crippen LogP contribution in [-0.2, 0) is 36.3 Å². The van der Waals surface area contributed by atoms with Gasteiger partial charge in [-0.1, -0.05) is 29.7 Å². The zero-order valence-corrected chi connectivity index (χ0v) is 36.7. The molecule has 14 nitrogen and oxygen atoms in total. The Balaban J connectivity index is 0. The van der Waals surface area contributed by atoms with Gasteiger partial charge < -0.3 is 9.13 Å². The van der Waals surface area contributed by atoms with Crippen LogP contribution in [0.1, 0.15) is 136 Å². The van der Waals surface area contributed by atoms with Crippen molar-refractivity contribution in [3.8, 4) is 0 Å². The van der Waals surface area contributed by atoms with Gasteiger partial charge in [0.1, 0.15) is 22.9 Å². The molecular weight excluding hydrogens is 757 g/mol. The summed E-state index contributed by atoms with van der Waals surface area (Å²) in [6.45, 7) is 32.1. The first-order valence-corrected chi connectivity index (χ1v) is 18.7. The maximum Gasteiger partial charge on any atom is 0.348 e. The van der Waals surface area contributed by atoms with Gasteiger partial charge in [-0.25, -0.2) is 24.5 Å². The molecule has 0 bridgehead atoms. The van der Waals surface area contributed by atoms with Crippen molar-refractivity contribution in [3.05, 3.63) is 114 Å². The maximum absolute atomic E-state index is 12.0. The lowest BCUT2D eigenvalue weighted by Crippen LogP contribution is -2.42. The van der Waals surface area contributed by atoms with E-state index in [0.717, 1.165) is 44.3 Å². The second kappa shape index (κ2) is 20.7. The zero-order chi connectivity index (χ0) is 42.9. The molecule has 0 aliphatic carbocycles. The molecule has 0 N–H and O–H groups in total. The average molecular weight is 835 g/mol. The predicted molar refractivity (Wildman–Crippen MR) is 253 cm³/mol. The summed E-state index contributed by atoms with van der Waals surface area (Å²) in [4.78, 5) is 63.2. The van der Waals surface area contributed by atoms with Gasteiger partial charge >= 0.3 is 11.4 Å². The topological polar surface area (TPSA) is 149 Å². The van der Waals surface area contributed by atoms with E-state index in [2.05, 4.69) is 78.3 Å². The lowest BCUT2D eigenvalue weighted by molar-refractivity contribution is 0.367. The third-order valence-electron chi connectivity index (χ3n) is 9.02. The molecule has 6 aromatic rings. The molecule has 14 heteroatoms. The van der Waals surface area contributed by atoms with Crippen LogP contribution in [0.5, 0.6) is 0 Å². The van der Waals surface area contributed by atoms with Gasteiger partial charge in [-0.05, 0) is 129 Å². The number of hydrogen-bond donors (Lipinski definition) is 0. The molecule has 6 rings (SSSR count). The summed E-state index contributed by atoms with van der Waals surface area (Å²) < 4.78 is 10.1. The van der Waals surface area contributed by atoms with Crippen molar-refractivity contribution in [1.29, 1.82) is 0 Å².